The summed E-state index contributed by atoms with van der Waals surface area (Å²) in [5, 5.41) is 0. The standard InChI is InChI=1S/C28H27F3O2/c1-2-3-17-4-13-25(32-15-17)22-10-9-20(14-24(22)29)18-5-7-19(8-6-18)21-11-12-23(26-16-33-26)28(31)27(21)30/h5-12,14,17,25-26H,2-4,13,15-16H2,1H3. The molecular formula is C28H27F3O2. The van der Waals surface area contributed by atoms with Crippen LogP contribution in [0.1, 0.15) is 55.9 Å². The molecule has 2 fully saturated rings. The van der Waals surface area contributed by atoms with Crippen LogP contribution in [0.5, 0.6) is 0 Å². The highest BCUT2D eigenvalue weighted by Gasteiger charge is 2.30. The van der Waals surface area contributed by atoms with Gasteiger partial charge in [-0.1, -0.05) is 61.9 Å². The average Bonchev–Trinajstić information content (AvgIpc) is 3.67. The molecule has 0 aliphatic carbocycles. The summed E-state index contributed by atoms with van der Waals surface area (Å²) in [6.07, 6.45) is 3.65. The van der Waals surface area contributed by atoms with Gasteiger partial charge in [0.25, 0.3) is 0 Å². The molecule has 2 aliphatic rings. The van der Waals surface area contributed by atoms with E-state index in [4.69, 9.17) is 9.47 Å². The van der Waals surface area contributed by atoms with Crippen LogP contribution in [0.2, 0.25) is 0 Å². The highest BCUT2D eigenvalue weighted by Crippen LogP contribution is 2.37. The van der Waals surface area contributed by atoms with Crippen molar-refractivity contribution in [1.82, 2.24) is 0 Å². The Morgan fingerprint density at radius 1 is 0.727 bits per heavy atom. The molecule has 0 aromatic heterocycles. The Hall–Kier alpha value is -2.63. The number of hydrogen-bond donors (Lipinski definition) is 0. The summed E-state index contributed by atoms with van der Waals surface area (Å²) < 4.78 is 54.9. The maximum atomic E-state index is 14.9. The van der Waals surface area contributed by atoms with Gasteiger partial charge in [-0.15, -0.1) is 0 Å². The summed E-state index contributed by atoms with van der Waals surface area (Å²) in [5.41, 5.74) is 3.15. The van der Waals surface area contributed by atoms with Gasteiger partial charge in [-0.2, -0.15) is 0 Å². The topological polar surface area (TPSA) is 21.8 Å². The Morgan fingerprint density at radius 3 is 2.03 bits per heavy atom. The fraction of sp³-hybridized carbons (Fsp3) is 0.357. The van der Waals surface area contributed by atoms with Gasteiger partial charge in [-0.3, -0.25) is 0 Å². The maximum absolute atomic E-state index is 14.9. The third kappa shape index (κ3) is 4.57. The number of hydrogen-bond acceptors (Lipinski definition) is 2. The smallest absolute Gasteiger partial charge is 0.167 e. The molecule has 3 aromatic rings. The van der Waals surface area contributed by atoms with Gasteiger partial charge in [0, 0.05) is 16.7 Å². The van der Waals surface area contributed by atoms with Crippen LogP contribution in [0, 0.1) is 23.4 Å². The normalized spacial score (nSPS) is 22.4. The molecule has 5 heteroatoms. The van der Waals surface area contributed by atoms with E-state index < -0.39 is 11.6 Å². The Labute approximate surface area is 192 Å². The molecule has 3 atom stereocenters. The molecule has 3 aromatic carbocycles. The van der Waals surface area contributed by atoms with Gasteiger partial charge in [-0.05, 0) is 47.9 Å². The zero-order valence-corrected chi connectivity index (χ0v) is 18.6. The van der Waals surface area contributed by atoms with E-state index in [-0.39, 0.29) is 29.2 Å². The number of halogens is 3. The van der Waals surface area contributed by atoms with Crippen molar-refractivity contribution in [3.8, 4) is 22.3 Å². The Balaban J connectivity index is 1.33. The highest BCUT2D eigenvalue weighted by atomic mass is 19.2. The summed E-state index contributed by atoms with van der Waals surface area (Å²) in [6.45, 7) is 3.28. The van der Waals surface area contributed by atoms with E-state index in [9.17, 15) is 13.2 Å². The first-order valence-electron chi connectivity index (χ1n) is 11.7. The van der Waals surface area contributed by atoms with Crippen molar-refractivity contribution in [2.45, 2.75) is 44.8 Å². The molecule has 2 saturated heterocycles. The van der Waals surface area contributed by atoms with E-state index in [1.807, 2.05) is 6.07 Å². The third-order valence-corrected chi connectivity index (χ3v) is 6.74. The predicted octanol–water partition coefficient (Wildman–Crippen LogP) is 7.78. The summed E-state index contributed by atoms with van der Waals surface area (Å²) in [6, 6.07) is 15.4. The Bertz CT molecular complexity index is 1130. The van der Waals surface area contributed by atoms with Crippen molar-refractivity contribution in [2.75, 3.05) is 13.2 Å². The fourth-order valence-electron chi connectivity index (χ4n) is 4.76. The van der Waals surface area contributed by atoms with Gasteiger partial charge in [0.15, 0.2) is 11.6 Å². The van der Waals surface area contributed by atoms with Crippen molar-refractivity contribution < 1.29 is 22.6 Å². The zero-order valence-electron chi connectivity index (χ0n) is 18.6. The molecule has 0 saturated carbocycles. The predicted molar refractivity (Wildman–Crippen MR) is 122 cm³/mol. The minimum Gasteiger partial charge on any atom is -0.373 e. The van der Waals surface area contributed by atoms with Crippen LogP contribution >= 0.6 is 0 Å². The Kier molecular flexibility index (Phi) is 6.26. The molecule has 0 N–H and O–H groups in total. The fourth-order valence-corrected chi connectivity index (χ4v) is 4.76. The molecular weight excluding hydrogens is 425 g/mol. The van der Waals surface area contributed by atoms with Crippen molar-refractivity contribution in [3.63, 3.8) is 0 Å². The number of epoxide rings is 1. The largest absolute Gasteiger partial charge is 0.373 e. The van der Waals surface area contributed by atoms with E-state index in [1.54, 1.807) is 42.5 Å². The monoisotopic (exact) mass is 452 g/mol. The minimum atomic E-state index is -0.875. The Morgan fingerprint density at radius 2 is 1.39 bits per heavy atom. The van der Waals surface area contributed by atoms with Gasteiger partial charge in [0.1, 0.15) is 11.9 Å². The van der Waals surface area contributed by atoms with Crippen LogP contribution < -0.4 is 0 Å². The number of rotatable bonds is 6. The molecule has 0 spiro atoms. The lowest BCUT2D eigenvalue weighted by molar-refractivity contribution is -0.0211. The van der Waals surface area contributed by atoms with E-state index in [0.717, 1.165) is 36.8 Å². The summed E-state index contributed by atoms with van der Waals surface area (Å²) in [4.78, 5) is 0. The first kappa shape index (κ1) is 22.2. The van der Waals surface area contributed by atoms with Gasteiger partial charge in [-0.25, -0.2) is 13.2 Å². The van der Waals surface area contributed by atoms with Gasteiger partial charge in [0.05, 0.1) is 19.3 Å². The molecule has 5 rings (SSSR count). The SMILES string of the molecule is CCCC1CCC(c2ccc(-c3ccc(-c4ccc(C5CO5)c(F)c4F)cc3)cc2F)OC1. The zero-order chi connectivity index (χ0) is 22.9. The number of ether oxygens (including phenoxy) is 2. The highest BCUT2D eigenvalue weighted by molar-refractivity contribution is 5.71. The average molecular weight is 453 g/mol. The molecule has 2 nitrogen and oxygen atoms in total. The first-order valence-corrected chi connectivity index (χ1v) is 11.7. The molecule has 0 radical (unpaired) electrons. The molecule has 2 aliphatic heterocycles. The van der Waals surface area contributed by atoms with Crippen molar-refractivity contribution in [3.05, 3.63) is 83.2 Å². The second kappa shape index (κ2) is 9.32. The summed E-state index contributed by atoms with van der Waals surface area (Å²) in [5.74, 6) is -1.44. The lowest BCUT2D eigenvalue weighted by Gasteiger charge is -2.29. The third-order valence-electron chi connectivity index (χ3n) is 6.74. The van der Waals surface area contributed by atoms with E-state index >= 15 is 0 Å². The van der Waals surface area contributed by atoms with Crippen LogP contribution in [-0.2, 0) is 9.47 Å². The summed E-state index contributed by atoms with van der Waals surface area (Å²) in [7, 11) is 0. The molecule has 0 bridgehead atoms. The van der Waals surface area contributed by atoms with Crippen molar-refractivity contribution >= 4 is 0 Å². The first-order chi connectivity index (χ1) is 16.0. The molecule has 3 unspecified atom stereocenters. The molecule has 0 amide bonds. The summed E-state index contributed by atoms with van der Waals surface area (Å²) >= 11 is 0. The van der Waals surface area contributed by atoms with E-state index in [1.165, 1.54) is 6.07 Å². The lowest BCUT2D eigenvalue weighted by Crippen LogP contribution is -2.21. The van der Waals surface area contributed by atoms with Crippen molar-refractivity contribution in [1.29, 1.82) is 0 Å². The maximum Gasteiger partial charge on any atom is 0.167 e. The van der Waals surface area contributed by atoms with E-state index in [2.05, 4.69) is 6.92 Å². The quantitative estimate of drug-likeness (QED) is 0.356. The van der Waals surface area contributed by atoms with Crippen LogP contribution in [0.4, 0.5) is 13.2 Å². The van der Waals surface area contributed by atoms with Crippen LogP contribution in [0.15, 0.2) is 54.6 Å². The van der Waals surface area contributed by atoms with E-state index in [0.29, 0.717) is 30.3 Å². The second-order valence-electron chi connectivity index (χ2n) is 9.02. The van der Waals surface area contributed by atoms with Crippen LogP contribution in [0.25, 0.3) is 22.3 Å². The molecule has 172 valence electrons. The molecule has 33 heavy (non-hydrogen) atoms. The number of benzene rings is 3. The van der Waals surface area contributed by atoms with Crippen LogP contribution in [-0.4, -0.2) is 13.2 Å². The van der Waals surface area contributed by atoms with Gasteiger partial charge in [0.2, 0.25) is 0 Å². The van der Waals surface area contributed by atoms with Crippen LogP contribution in [0.3, 0.4) is 0 Å². The molecule has 2 heterocycles. The minimum absolute atomic E-state index is 0.195. The van der Waals surface area contributed by atoms with Gasteiger partial charge < -0.3 is 9.47 Å². The van der Waals surface area contributed by atoms with Crippen molar-refractivity contribution in [2.24, 2.45) is 5.92 Å². The lowest BCUT2D eigenvalue weighted by atomic mass is 9.91. The second-order valence-corrected chi connectivity index (χ2v) is 9.02. The van der Waals surface area contributed by atoms with Gasteiger partial charge >= 0.3 is 0 Å².